The van der Waals surface area contributed by atoms with E-state index in [-0.39, 0.29) is 11.1 Å². The molecule has 0 spiro atoms. The number of hydrogen-bond acceptors (Lipinski definition) is 3. The summed E-state index contributed by atoms with van der Waals surface area (Å²) in [6, 6.07) is 4.47. The summed E-state index contributed by atoms with van der Waals surface area (Å²) >= 11 is 11.0. The molecule has 1 rings (SSSR count). The molecule has 1 aromatic rings. The van der Waals surface area contributed by atoms with Gasteiger partial charge in [0.05, 0.1) is 6.61 Å². The first-order valence-electron chi connectivity index (χ1n) is 12.2. The van der Waals surface area contributed by atoms with Gasteiger partial charge in [0.25, 0.3) is 10.5 Å². The quantitative estimate of drug-likeness (QED) is 0.141. The number of ether oxygens (including phenoxy) is 1. The normalized spacial score (nSPS) is 10.9. The van der Waals surface area contributed by atoms with Crippen molar-refractivity contribution in [2.75, 3.05) is 6.61 Å². The van der Waals surface area contributed by atoms with Crippen LogP contribution in [0.4, 0.5) is 0 Å². The molecule has 0 unspecified atom stereocenters. The molecule has 176 valence electrons. The van der Waals surface area contributed by atoms with Crippen LogP contribution in [-0.2, 0) is 0 Å². The van der Waals surface area contributed by atoms with E-state index in [4.69, 9.17) is 27.9 Å². The van der Waals surface area contributed by atoms with Crippen LogP contribution in [0.5, 0.6) is 5.75 Å². The molecule has 0 aliphatic heterocycles. The molecule has 0 aliphatic rings. The van der Waals surface area contributed by atoms with Gasteiger partial charge in [-0.1, -0.05) is 103 Å². The van der Waals surface area contributed by atoms with Gasteiger partial charge < -0.3 is 4.74 Å². The number of hydrogen-bond donors (Lipinski definition) is 0. The Hall–Kier alpha value is -1.06. The Morgan fingerprint density at radius 2 is 0.968 bits per heavy atom. The third-order valence-electron chi connectivity index (χ3n) is 5.63. The van der Waals surface area contributed by atoms with Crippen molar-refractivity contribution in [1.29, 1.82) is 0 Å². The Bertz CT molecular complexity index is 599. The van der Waals surface area contributed by atoms with Crippen LogP contribution in [0.15, 0.2) is 18.2 Å². The van der Waals surface area contributed by atoms with Gasteiger partial charge in [-0.2, -0.15) is 0 Å². The molecule has 0 amide bonds. The van der Waals surface area contributed by atoms with Gasteiger partial charge in [0, 0.05) is 11.1 Å². The van der Waals surface area contributed by atoms with Gasteiger partial charge in [0.15, 0.2) is 0 Å². The molecule has 1 aromatic carbocycles. The highest BCUT2D eigenvalue weighted by Gasteiger charge is 2.11. The number of benzene rings is 1. The first kappa shape index (κ1) is 28.0. The van der Waals surface area contributed by atoms with E-state index in [0.29, 0.717) is 12.4 Å². The van der Waals surface area contributed by atoms with E-state index in [2.05, 4.69) is 6.92 Å². The van der Waals surface area contributed by atoms with Crippen LogP contribution >= 0.6 is 23.2 Å². The number of unbranched alkanes of at least 4 members (excludes halogenated alkanes) is 15. The summed E-state index contributed by atoms with van der Waals surface area (Å²) in [5.41, 5.74) is 0.435. The fraction of sp³-hybridized carbons (Fsp3) is 0.692. The minimum Gasteiger partial charge on any atom is -0.494 e. The minimum atomic E-state index is -0.632. The molecule has 0 fully saturated rings. The van der Waals surface area contributed by atoms with Gasteiger partial charge in [-0.25, -0.2) is 0 Å². The van der Waals surface area contributed by atoms with E-state index in [9.17, 15) is 9.59 Å². The molecule has 3 nitrogen and oxygen atoms in total. The average Bonchev–Trinajstić information content (AvgIpc) is 2.75. The predicted octanol–water partition coefficient (Wildman–Crippen LogP) is 9.08. The van der Waals surface area contributed by atoms with Crippen molar-refractivity contribution in [3.8, 4) is 5.75 Å². The van der Waals surface area contributed by atoms with Crippen molar-refractivity contribution in [2.45, 2.75) is 110 Å². The zero-order valence-electron chi connectivity index (χ0n) is 19.2. The van der Waals surface area contributed by atoms with Gasteiger partial charge in [-0.15, -0.1) is 0 Å². The first-order valence-corrected chi connectivity index (χ1v) is 13.0. The third-order valence-corrected chi connectivity index (χ3v) is 6.06. The standard InChI is InChI=1S/C26H40Cl2O3/c1-2-3-4-5-6-7-8-9-10-11-12-13-14-15-16-17-18-31-24-20-22(25(27)29)19-23(21-24)26(28)30/h19-21H,2-18H2,1H3. The molecule has 0 saturated heterocycles. The molecule has 0 saturated carbocycles. The van der Waals surface area contributed by atoms with Gasteiger partial charge in [-0.05, 0) is 47.8 Å². The fourth-order valence-electron chi connectivity index (χ4n) is 3.75. The molecule has 0 radical (unpaired) electrons. The summed E-state index contributed by atoms with van der Waals surface area (Å²) in [5, 5.41) is -1.26. The zero-order chi connectivity index (χ0) is 22.7. The Labute approximate surface area is 199 Å². The van der Waals surface area contributed by atoms with E-state index in [1.807, 2.05) is 0 Å². The maximum Gasteiger partial charge on any atom is 0.252 e. The first-order chi connectivity index (χ1) is 15.0. The highest BCUT2D eigenvalue weighted by molar-refractivity contribution is 6.69. The Balaban J connectivity index is 1.97. The van der Waals surface area contributed by atoms with Gasteiger partial charge >= 0.3 is 0 Å². The minimum absolute atomic E-state index is 0.218. The highest BCUT2D eigenvalue weighted by Crippen LogP contribution is 2.21. The summed E-state index contributed by atoms with van der Waals surface area (Å²) in [5.74, 6) is 0.455. The molecule has 0 aliphatic carbocycles. The highest BCUT2D eigenvalue weighted by atomic mass is 35.5. The Morgan fingerprint density at radius 1 is 0.613 bits per heavy atom. The van der Waals surface area contributed by atoms with Crippen LogP contribution in [-0.4, -0.2) is 17.1 Å². The lowest BCUT2D eigenvalue weighted by Gasteiger charge is -2.08. The number of carbonyl (C=O) groups is 2. The maximum atomic E-state index is 11.4. The van der Waals surface area contributed by atoms with Crippen molar-refractivity contribution >= 4 is 33.7 Å². The van der Waals surface area contributed by atoms with Crippen LogP contribution in [0.25, 0.3) is 0 Å². The smallest absolute Gasteiger partial charge is 0.252 e. The van der Waals surface area contributed by atoms with Crippen molar-refractivity contribution in [3.63, 3.8) is 0 Å². The molecule has 0 bridgehead atoms. The van der Waals surface area contributed by atoms with E-state index < -0.39 is 10.5 Å². The lowest BCUT2D eigenvalue weighted by Crippen LogP contribution is -2.01. The van der Waals surface area contributed by atoms with Crippen LogP contribution < -0.4 is 4.74 Å². The zero-order valence-corrected chi connectivity index (χ0v) is 20.7. The largest absolute Gasteiger partial charge is 0.494 e. The van der Waals surface area contributed by atoms with Crippen molar-refractivity contribution in [1.82, 2.24) is 0 Å². The molecule has 0 atom stereocenters. The predicted molar refractivity (Wildman–Crippen MR) is 132 cm³/mol. The monoisotopic (exact) mass is 470 g/mol. The summed E-state index contributed by atoms with van der Waals surface area (Å²) in [6.07, 6.45) is 21.2. The van der Waals surface area contributed by atoms with Crippen LogP contribution in [0.1, 0.15) is 130 Å². The Morgan fingerprint density at radius 3 is 1.32 bits per heavy atom. The van der Waals surface area contributed by atoms with E-state index in [1.54, 1.807) is 12.1 Å². The lowest BCUT2D eigenvalue weighted by atomic mass is 10.0. The Kier molecular flexibility index (Phi) is 16.7. The lowest BCUT2D eigenvalue weighted by molar-refractivity contribution is 0.108. The van der Waals surface area contributed by atoms with Gasteiger partial charge in [0.2, 0.25) is 0 Å². The molecule has 0 heterocycles. The van der Waals surface area contributed by atoms with E-state index in [1.165, 1.54) is 96.0 Å². The van der Waals surface area contributed by atoms with Gasteiger partial charge in [0.1, 0.15) is 5.75 Å². The number of rotatable bonds is 20. The molecule has 31 heavy (non-hydrogen) atoms. The fourth-order valence-corrected chi connectivity index (χ4v) is 3.97. The summed E-state index contributed by atoms with van der Waals surface area (Å²) < 4.78 is 5.69. The summed E-state index contributed by atoms with van der Waals surface area (Å²) in [7, 11) is 0. The maximum absolute atomic E-state index is 11.4. The molecule has 0 aromatic heterocycles. The van der Waals surface area contributed by atoms with Crippen LogP contribution in [0, 0.1) is 0 Å². The second-order valence-corrected chi connectivity index (χ2v) is 9.13. The average molecular weight is 472 g/mol. The number of halogens is 2. The van der Waals surface area contributed by atoms with Crippen LogP contribution in [0.2, 0.25) is 0 Å². The van der Waals surface area contributed by atoms with Crippen molar-refractivity contribution in [3.05, 3.63) is 29.3 Å². The second kappa shape index (κ2) is 18.5. The molecule has 5 heteroatoms. The molecular formula is C26H40Cl2O3. The van der Waals surface area contributed by atoms with Crippen molar-refractivity contribution in [2.24, 2.45) is 0 Å². The molecular weight excluding hydrogens is 431 g/mol. The van der Waals surface area contributed by atoms with Gasteiger partial charge in [-0.3, -0.25) is 9.59 Å². The topological polar surface area (TPSA) is 43.4 Å². The second-order valence-electron chi connectivity index (χ2n) is 8.45. The third kappa shape index (κ3) is 14.6. The molecule has 0 N–H and O–H groups in total. The van der Waals surface area contributed by atoms with E-state index >= 15 is 0 Å². The SMILES string of the molecule is CCCCCCCCCCCCCCCCCCOc1cc(C(=O)Cl)cc(C(=O)Cl)c1. The summed E-state index contributed by atoms with van der Waals surface area (Å²) in [6.45, 7) is 2.82. The number of carbonyl (C=O) groups excluding carboxylic acids is 2. The van der Waals surface area contributed by atoms with E-state index in [0.717, 1.165) is 12.8 Å². The van der Waals surface area contributed by atoms with Crippen molar-refractivity contribution < 1.29 is 14.3 Å². The summed E-state index contributed by atoms with van der Waals surface area (Å²) in [4.78, 5) is 22.7. The van der Waals surface area contributed by atoms with Crippen LogP contribution in [0.3, 0.4) is 0 Å².